The molecule has 29 heavy (non-hydrogen) atoms. The van der Waals surface area contributed by atoms with Crippen LogP contribution in [-0.4, -0.2) is 18.4 Å². The Morgan fingerprint density at radius 3 is 2.52 bits per heavy atom. The molecule has 0 spiro atoms. The first-order valence-electron chi connectivity index (χ1n) is 10.3. The van der Waals surface area contributed by atoms with E-state index in [2.05, 4.69) is 18.3 Å². The van der Waals surface area contributed by atoms with Crippen molar-refractivity contribution < 1.29 is 14.3 Å². The highest BCUT2D eigenvalue weighted by Gasteiger charge is 2.38. The Labute approximate surface area is 173 Å². The molecule has 154 valence electrons. The third kappa shape index (κ3) is 4.78. The van der Waals surface area contributed by atoms with Crippen LogP contribution < -0.4 is 15.0 Å². The molecule has 0 fully saturated rings. The van der Waals surface area contributed by atoms with Gasteiger partial charge in [0, 0.05) is 12.5 Å². The van der Waals surface area contributed by atoms with Gasteiger partial charge in [-0.15, -0.1) is 0 Å². The lowest BCUT2D eigenvalue weighted by molar-refractivity contribution is -0.126. The van der Waals surface area contributed by atoms with Crippen molar-refractivity contribution in [1.82, 2.24) is 5.32 Å². The molecule has 0 saturated heterocycles. The second-order valence-electron chi connectivity index (χ2n) is 7.78. The summed E-state index contributed by atoms with van der Waals surface area (Å²) in [6.45, 7) is 8.81. The molecule has 1 atom stereocenters. The summed E-state index contributed by atoms with van der Waals surface area (Å²) in [5, 5.41) is 2.81. The standard InChI is InChI=1S/C24H30N2O3/c1-5-6-7-12-29-20-10-8-19(9-11-20)15-26-23-17(3)13-16(2)14-21(23)22(24(26)28)25-18(4)27/h8-11,13-14,22H,5-7,12,15H2,1-4H3,(H,25,27)/t22-/m1/s1. The van der Waals surface area contributed by atoms with E-state index in [1.165, 1.54) is 19.8 Å². The van der Waals surface area contributed by atoms with E-state index in [0.29, 0.717) is 6.54 Å². The Morgan fingerprint density at radius 2 is 1.86 bits per heavy atom. The van der Waals surface area contributed by atoms with Gasteiger partial charge in [-0.25, -0.2) is 0 Å². The smallest absolute Gasteiger partial charge is 0.254 e. The lowest BCUT2D eigenvalue weighted by Gasteiger charge is -2.20. The minimum absolute atomic E-state index is 0.0937. The number of amides is 2. The molecule has 0 unspecified atom stereocenters. The van der Waals surface area contributed by atoms with Gasteiger partial charge in [0.1, 0.15) is 11.8 Å². The van der Waals surface area contributed by atoms with Crippen LogP contribution in [0.4, 0.5) is 5.69 Å². The highest BCUT2D eigenvalue weighted by Crippen LogP contribution is 2.40. The summed E-state index contributed by atoms with van der Waals surface area (Å²) >= 11 is 0. The van der Waals surface area contributed by atoms with E-state index in [1.54, 1.807) is 4.90 Å². The number of hydrogen-bond donors (Lipinski definition) is 1. The Hall–Kier alpha value is -2.82. The zero-order valence-electron chi connectivity index (χ0n) is 17.7. The fourth-order valence-corrected chi connectivity index (χ4v) is 3.90. The molecule has 0 aromatic heterocycles. The van der Waals surface area contributed by atoms with Gasteiger partial charge in [0.25, 0.3) is 5.91 Å². The molecular formula is C24H30N2O3. The van der Waals surface area contributed by atoms with Crippen molar-refractivity contribution in [3.8, 4) is 5.75 Å². The van der Waals surface area contributed by atoms with Crippen LogP contribution >= 0.6 is 0 Å². The maximum Gasteiger partial charge on any atom is 0.254 e. The van der Waals surface area contributed by atoms with E-state index in [4.69, 9.17) is 4.74 Å². The molecule has 2 aromatic carbocycles. The summed E-state index contributed by atoms with van der Waals surface area (Å²) in [4.78, 5) is 26.6. The molecule has 5 nitrogen and oxygen atoms in total. The van der Waals surface area contributed by atoms with Crippen LogP contribution in [0.3, 0.4) is 0 Å². The molecule has 2 aromatic rings. The molecule has 1 heterocycles. The van der Waals surface area contributed by atoms with E-state index in [0.717, 1.165) is 46.7 Å². The summed E-state index contributed by atoms with van der Waals surface area (Å²) < 4.78 is 5.78. The summed E-state index contributed by atoms with van der Waals surface area (Å²) in [7, 11) is 0. The largest absolute Gasteiger partial charge is 0.494 e. The number of fused-ring (bicyclic) bond motifs is 1. The minimum Gasteiger partial charge on any atom is -0.494 e. The van der Waals surface area contributed by atoms with Crippen LogP contribution in [0.5, 0.6) is 5.75 Å². The van der Waals surface area contributed by atoms with E-state index in [9.17, 15) is 9.59 Å². The summed E-state index contributed by atoms with van der Waals surface area (Å²) in [5.74, 6) is 0.546. The van der Waals surface area contributed by atoms with E-state index < -0.39 is 6.04 Å². The van der Waals surface area contributed by atoms with Crippen molar-refractivity contribution in [2.75, 3.05) is 11.5 Å². The highest BCUT2D eigenvalue weighted by atomic mass is 16.5. The Morgan fingerprint density at radius 1 is 1.14 bits per heavy atom. The van der Waals surface area contributed by atoms with Crippen molar-refractivity contribution >= 4 is 17.5 Å². The summed E-state index contributed by atoms with van der Waals surface area (Å²) in [6.07, 6.45) is 3.40. The van der Waals surface area contributed by atoms with Crippen LogP contribution in [0.1, 0.15) is 61.4 Å². The van der Waals surface area contributed by atoms with Crippen molar-refractivity contribution in [3.63, 3.8) is 0 Å². The third-order valence-corrected chi connectivity index (χ3v) is 5.20. The number of ether oxygens (including phenoxy) is 1. The van der Waals surface area contributed by atoms with Crippen LogP contribution in [0.25, 0.3) is 0 Å². The maximum atomic E-state index is 13.1. The van der Waals surface area contributed by atoms with Gasteiger partial charge in [-0.05, 0) is 43.5 Å². The minimum atomic E-state index is -0.623. The first kappa shape index (κ1) is 20.9. The molecule has 1 aliphatic heterocycles. The summed E-state index contributed by atoms with van der Waals surface area (Å²) in [6, 6.07) is 11.3. The zero-order chi connectivity index (χ0) is 21.0. The predicted octanol–water partition coefficient (Wildman–Crippen LogP) is 4.60. The molecule has 0 radical (unpaired) electrons. The van der Waals surface area contributed by atoms with Crippen LogP contribution in [0.2, 0.25) is 0 Å². The Bertz CT molecular complexity index is 890. The Balaban J connectivity index is 1.79. The van der Waals surface area contributed by atoms with Gasteiger partial charge in [0.05, 0.1) is 18.8 Å². The van der Waals surface area contributed by atoms with Gasteiger partial charge >= 0.3 is 0 Å². The fraction of sp³-hybridized carbons (Fsp3) is 0.417. The average molecular weight is 395 g/mol. The predicted molar refractivity (Wildman–Crippen MR) is 115 cm³/mol. The second-order valence-corrected chi connectivity index (χ2v) is 7.78. The van der Waals surface area contributed by atoms with Gasteiger partial charge in [-0.2, -0.15) is 0 Å². The van der Waals surface area contributed by atoms with Crippen LogP contribution in [-0.2, 0) is 16.1 Å². The van der Waals surface area contributed by atoms with Crippen LogP contribution in [0.15, 0.2) is 36.4 Å². The molecule has 3 rings (SSSR count). The molecule has 0 saturated carbocycles. The fourth-order valence-electron chi connectivity index (χ4n) is 3.90. The topological polar surface area (TPSA) is 58.6 Å². The number of carbonyl (C=O) groups is 2. The first-order valence-corrected chi connectivity index (χ1v) is 10.3. The normalized spacial score (nSPS) is 15.4. The maximum absolute atomic E-state index is 13.1. The van der Waals surface area contributed by atoms with Crippen molar-refractivity contribution in [1.29, 1.82) is 0 Å². The van der Waals surface area contributed by atoms with Crippen molar-refractivity contribution in [3.05, 3.63) is 58.7 Å². The molecule has 0 aliphatic carbocycles. The van der Waals surface area contributed by atoms with Gasteiger partial charge in [0.2, 0.25) is 5.91 Å². The lowest BCUT2D eigenvalue weighted by atomic mass is 10.0. The molecule has 5 heteroatoms. The van der Waals surface area contributed by atoms with Gasteiger partial charge in [-0.3, -0.25) is 9.59 Å². The molecule has 0 bridgehead atoms. The second kappa shape index (κ2) is 9.12. The number of nitrogens with zero attached hydrogens (tertiary/aromatic N) is 1. The molecule has 2 amide bonds. The SMILES string of the molecule is CCCCCOc1ccc(CN2C(=O)[C@H](NC(C)=O)c3cc(C)cc(C)c32)cc1. The van der Waals surface area contributed by atoms with E-state index in [1.807, 2.05) is 44.2 Å². The quantitative estimate of drug-likeness (QED) is 0.666. The monoisotopic (exact) mass is 394 g/mol. The first-order chi connectivity index (χ1) is 13.9. The van der Waals surface area contributed by atoms with Crippen LogP contribution in [0, 0.1) is 13.8 Å². The van der Waals surface area contributed by atoms with E-state index in [-0.39, 0.29) is 11.8 Å². The molecule has 1 aliphatic rings. The van der Waals surface area contributed by atoms with Crippen molar-refractivity contribution in [2.45, 2.75) is 59.5 Å². The number of hydrogen-bond acceptors (Lipinski definition) is 3. The number of carbonyl (C=O) groups excluding carboxylic acids is 2. The Kier molecular flexibility index (Phi) is 6.57. The zero-order valence-corrected chi connectivity index (χ0v) is 17.7. The lowest BCUT2D eigenvalue weighted by Crippen LogP contribution is -2.36. The van der Waals surface area contributed by atoms with Gasteiger partial charge in [0.15, 0.2) is 0 Å². The number of nitrogens with one attached hydrogen (secondary N) is 1. The third-order valence-electron chi connectivity index (χ3n) is 5.20. The van der Waals surface area contributed by atoms with Crippen molar-refractivity contribution in [2.24, 2.45) is 0 Å². The number of benzene rings is 2. The summed E-state index contributed by atoms with van der Waals surface area (Å²) in [5.41, 5.74) is 4.92. The van der Waals surface area contributed by atoms with Gasteiger partial charge < -0.3 is 15.0 Å². The van der Waals surface area contributed by atoms with Gasteiger partial charge in [-0.1, -0.05) is 49.6 Å². The highest BCUT2D eigenvalue weighted by molar-refractivity contribution is 6.06. The average Bonchev–Trinajstić information content (AvgIpc) is 2.92. The number of rotatable bonds is 8. The molecular weight excluding hydrogens is 364 g/mol. The molecule has 1 N–H and O–H groups in total. The number of aryl methyl sites for hydroxylation is 2. The number of unbranched alkanes of at least 4 members (excludes halogenated alkanes) is 2. The van der Waals surface area contributed by atoms with E-state index >= 15 is 0 Å². The number of anilines is 1.